The Morgan fingerprint density at radius 3 is 2.56 bits per heavy atom. The molecular formula is C11H15N3O2. The van der Waals surface area contributed by atoms with Crippen LogP contribution in [0.3, 0.4) is 0 Å². The van der Waals surface area contributed by atoms with Crippen molar-refractivity contribution < 1.29 is 9.59 Å². The number of nitrogens with one attached hydrogen (secondary N) is 1. The zero-order valence-corrected chi connectivity index (χ0v) is 9.12. The van der Waals surface area contributed by atoms with E-state index in [1.165, 1.54) is 0 Å². The fourth-order valence-corrected chi connectivity index (χ4v) is 1.37. The van der Waals surface area contributed by atoms with Crippen molar-refractivity contribution in [2.24, 2.45) is 11.5 Å². The van der Waals surface area contributed by atoms with E-state index in [-0.39, 0.29) is 12.3 Å². The Morgan fingerprint density at radius 1 is 1.38 bits per heavy atom. The summed E-state index contributed by atoms with van der Waals surface area (Å²) < 4.78 is 0. The summed E-state index contributed by atoms with van der Waals surface area (Å²) >= 11 is 0. The molecule has 2 amide bonds. The van der Waals surface area contributed by atoms with Crippen molar-refractivity contribution in [1.29, 1.82) is 0 Å². The molecule has 5 nitrogen and oxygen atoms in total. The molecule has 0 bridgehead atoms. The van der Waals surface area contributed by atoms with Gasteiger partial charge in [0.2, 0.25) is 11.8 Å². The van der Waals surface area contributed by atoms with Gasteiger partial charge in [0.1, 0.15) is 0 Å². The number of hydrogen-bond acceptors (Lipinski definition) is 3. The predicted molar refractivity (Wildman–Crippen MR) is 62.0 cm³/mol. The number of aryl methyl sites for hydroxylation is 1. The van der Waals surface area contributed by atoms with E-state index in [1.807, 2.05) is 0 Å². The highest BCUT2D eigenvalue weighted by molar-refractivity contribution is 5.96. The zero-order chi connectivity index (χ0) is 12.1. The average Bonchev–Trinajstić information content (AvgIpc) is 2.17. The van der Waals surface area contributed by atoms with Gasteiger partial charge in [-0.15, -0.1) is 0 Å². The topological polar surface area (TPSA) is 98.2 Å². The quantitative estimate of drug-likeness (QED) is 0.685. The Hall–Kier alpha value is -1.88. The van der Waals surface area contributed by atoms with Crippen molar-refractivity contribution in [2.75, 3.05) is 11.9 Å². The fourth-order valence-electron chi connectivity index (χ4n) is 1.37. The van der Waals surface area contributed by atoms with Crippen molar-refractivity contribution >= 4 is 17.5 Å². The summed E-state index contributed by atoms with van der Waals surface area (Å²) in [4.78, 5) is 22.2. The molecule has 5 N–H and O–H groups in total. The summed E-state index contributed by atoms with van der Waals surface area (Å²) in [5.41, 5.74) is 12.3. The normalized spacial score (nSPS) is 9.88. The summed E-state index contributed by atoms with van der Waals surface area (Å²) in [6.45, 7) is 2.07. The Kier molecular flexibility index (Phi) is 4.02. The van der Waals surface area contributed by atoms with Crippen LogP contribution in [0.25, 0.3) is 0 Å². The van der Waals surface area contributed by atoms with Crippen LogP contribution in [0.2, 0.25) is 0 Å². The monoisotopic (exact) mass is 221 g/mol. The van der Waals surface area contributed by atoms with E-state index in [0.717, 1.165) is 5.56 Å². The molecule has 0 saturated carbocycles. The van der Waals surface area contributed by atoms with E-state index in [4.69, 9.17) is 11.5 Å². The molecule has 0 heterocycles. The second-order valence-electron chi connectivity index (χ2n) is 3.48. The Bertz CT molecular complexity index is 416. The molecule has 0 aliphatic carbocycles. The second-order valence-corrected chi connectivity index (χ2v) is 3.48. The van der Waals surface area contributed by atoms with Gasteiger partial charge in [-0.1, -0.05) is 0 Å². The number of carbonyl (C=O) groups is 2. The smallest absolute Gasteiger partial charge is 0.248 e. The van der Waals surface area contributed by atoms with Gasteiger partial charge in [0.05, 0.1) is 0 Å². The lowest BCUT2D eigenvalue weighted by atomic mass is 10.1. The summed E-state index contributed by atoms with van der Waals surface area (Å²) in [5, 5.41) is 2.68. The van der Waals surface area contributed by atoms with E-state index in [2.05, 4.69) is 5.32 Å². The maximum atomic E-state index is 11.3. The van der Waals surface area contributed by atoms with Crippen LogP contribution in [0.15, 0.2) is 18.2 Å². The van der Waals surface area contributed by atoms with Gasteiger partial charge >= 0.3 is 0 Å². The third-order valence-corrected chi connectivity index (χ3v) is 2.15. The lowest BCUT2D eigenvalue weighted by Gasteiger charge is -2.07. The lowest BCUT2D eigenvalue weighted by molar-refractivity contribution is -0.116. The van der Waals surface area contributed by atoms with E-state index < -0.39 is 5.91 Å². The first-order valence-electron chi connectivity index (χ1n) is 4.95. The van der Waals surface area contributed by atoms with Gasteiger partial charge in [0.15, 0.2) is 0 Å². The van der Waals surface area contributed by atoms with Gasteiger partial charge in [0.25, 0.3) is 0 Å². The van der Waals surface area contributed by atoms with Crippen LogP contribution < -0.4 is 16.8 Å². The average molecular weight is 221 g/mol. The maximum Gasteiger partial charge on any atom is 0.248 e. The van der Waals surface area contributed by atoms with Crippen LogP contribution >= 0.6 is 0 Å². The molecule has 0 spiro atoms. The van der Waals surface area contributed by atoms with Gasteiger partial charge < -0.3 is 16.8 Å². The fraction of sp³-hybridized carbons (Fsp3) is 0.273. The Balaban J connectivity index is 2.81. The van der Waals surface area contributed by atoms with Crippen molar-refractivity contribution in [3.8, 4) is 0 Å². The molecule has 0 fully saturated rings. The number of carbonyl (C=O) groups excluding carboxylic acids is 2. The van der Waals surface area contributed by atoms with Crippen molar-refractivity contribution in [1.82, 2.24) is 0 Å². The molecule has 0 radical (unpaired) electrons. The number of nitrogens with two attached hydrogens (primary N) is 2. The van der Waals surface area contributed by atoms with Crippen LogP contribution in [0.5, 0.6) is 0 Å². The molecular weight excluding hydrogens is 206 g/mol. The van der Waals surface area contributed by atoms with Crippen LogP contribution in [0, 0.1) is 6.92 Å². The highest BCUT2D eigenvalue weighted by atomic mass is 16.2. The summed E-state index contributed by atoms with van der Waals surface area (Å²) in [6, 6.07) is 4.94. The summed E-state index contributed by atoms with van der Waals surface area (Å²) in [6.07, 6.45) is 0.274. The number of primary amides is 1. The molecule has 1 rings (SSSR count). The third kappa shape index (κ3) is 3.06. The molecule has 0 atom stereocenters. The Morgan fingerprint density at radius 2 is 2.06 bits per heavy atom. The standard InChI is InChI=1S/C11H15N3O2/c1-7-6-8(14-10(15)4-5-12)2-3-9(7)11(13)16/h2-3,6H,4-5,12H2,1H3,(H2,13,16)(H,14,15). The molecule has 0 aliphatic heterocycles. The van der Waals surface area contributed by atoms with E-state index in [9.17, 15) is 9.59 Å². The second kappa shape index (κ2) is 5.27. The van der Waals surface area contributed by atoms with Crippen LogP contribution in [0.1, 0.15) is 22.3 Å². The maximum absolute atomic E-state index is 11.3. The third-order valence-electron chi connectivity index (χ3n) is 2.15. The SMILES string of the molecule is Cc1cc(NC(=O)CCN)ccc1C(N)=O. The summed E-state index contributed by atoms with van der Waals surface area (Å²) in [5.74, 6) is -0.619. The first kappa shape index (κ1) is 12.2. The van der Waals surface area contributed by atoms with Crippen molar-refractivity contribution in [3.63, 3.8) is 0 Å². The molecule has 1 aromatic rings. The molecule has 0 aromatic heterocycles. The number of amides is 2. The number of anilines is 1. The molecule has 0 aliphatic rings. The Labute approximate surface area is 93.8 Å². The van der Waals surface area contributed by atoms with Gasteiger partial charge in [0, 0.05) is 24.2 Å². The minimum Gasteiger partial charge on any atom is -0.366 e. The van der Waals surface area contributed by atoms with Crippen molar-refractivity contribution in [2.45, 2.75) is 13.3 Å². The molecule has 16 heavy (non-hydrogen) atoms. The molecule has 0 saturated heterocycles. The van der Waals surface area contributed by atoms with E-state index >= 15 is 0 Å². The molecule has 5 heteroatoms. The van der Waals surface area contributed by atoms with Crippen LogP contribution in [0.4, 0.5) is 5.69 Å². The molecule has 1 aromatic carbocycles. The van der Waals surface area contributed by atoms with Gasteiger partial charge in [-0.05, 0) is 30.7 Å². The predicted octanol–water partition coefficient (Wildman–Crippen LogP) is 0.381. The first-order valence-corrected chi connectivity index (χ1v) is 4.95. The number of benzene rings is 1. The minimum absolute atomic E-state index is 0.145. The molecule has 0 unspecified atom stereocenters. The number of rotatable bonds is 4. The minimum atomic E-state index is -0.475. The van der Waals surface area contributed by atoms with Gasteiger partial charge in [-0.25, -0.2) is 0 Å². The van der Waals surface area contributed by atoms with Crippen LogP contribution in [-0.2, 0) is 4.79 Å². The highest BCUT2D eigenvalue weighted by Crippen LogP contribution is 2.14. The molecule has 86 valence electrons. The largest absolute Gasteiger partial charge is 0.366 e. The summed E-state index contributed by atoms with van der Waals surface area (Å²) in [7, 11) is 0. The van der Waals surface area contributed by atoms with Crippen molar-refractivity contribution in [3.05, 3.63) is 29.3 Å². The van der Waals surface area contributed by atoms with E-state index in [0.29, 0.717) is 17.8 Å². The van der Waals surface area contributed by atoms with Gasteiger partial charge in [-0.2, -0.15) is 0 Å². The first-order chi connectivity index (χ1) is 7.54. The van der Waals surface area contributed by atoms with Crippen LogP contribution in [-0.4, -0.2) is 18.4 Å². The lowest BCUT2D eigenvalue weighted by Crippen LogP contribution is -2.17. The number of hydrogen-bond donors (Lipinski definition) is 3. The highest BCUT2D eigenvalue weighted by Gasteiger charge is 2.06. The van der Waals surface area contributed by atoms with E-state index in [1.54, 1.807) is 25.1 Å². The van der Waals surface area contributed by atoms with Gasteiger partial charge in [-0.3, -0.25) is 9.59 Å². The zero-order valence-electron chi connectivity index (χ0n) is 9.12.